The maximum Gasteiger partial charge on any atom is 0.295 e. The number of rotatable bonds is 6. The molecule has 4 rings (SSSR count). The summed E-state index contributed by atoms with van der Waals surface area (Å²) in [7, 11) is 2.12. The van der Waals surface area contributed by atoms with Crippen LogP contribution in [0.25, 0.3) is 11.7 Å². The molecule has 0 spiro atoms. The highest BCUT2D eigenvalue weighted by Gasteiger charge is 2.31. The van der Waals surface area contributed by atoms with E-state index in [2.05, 4.69) is 39.0 Å². The molecule has 30 heavy (non-hydrogen) atoms. The summed E-state index contributed by atoms with van der Waals surface area (Å²) in [5.74, 6) is 1.43. The minimum absolute atomic E-state index is 0.0217. The van der Waals surface area contributed by atoms with E-state index < -0.39 is 5.41 Å². The maximum absolute atomic E-state index is 6.23. The molecule has 0 radical (unpaired) electrons. The van der Waals surface area contributed by atoms with Crippen molar-refractivity contribution in [1.82, 2.24) is 25.0 Å². The lowest BCUT2D eigenvalue weighted by atomic mass is 9.84. The van der Waals surface area contributed by atoms with Gasteiger partial charge in [0.15, 0.2) is 5.82 Å². The van der Waals surface area contributed by atoms with Crippen LogP contribution in [0.5, 0.6) is 5.88 Å². The number of nitrogens with zero attached hydrogens (tertiary/aromatic N) is 5. The van der Waals surface area contributed by atoms with Crippen molar-refractivity contribution < 1.29 is 9.26 Å². The van der Waals surface area contributed by atoms with Crippen LogP contribution in [0.1, 0.15) is 45.0 Å². The van der Waals surface area contributed by atoms with Gasteiger partial charge in [-0.05, 0) is 52.8 Å². The van der Waals surface area contributed by atoms with Crippen LogP contribution in [-0.4, -0.2) is 50.7 Å². The number of likely N-dealkylation sites (tertiary alicyclic amines) is 1. The Labute approximate surface area is 181 Å². The lowest BCUT2D eigenvalue weighted by molar-refractivity contribution is 0.117. The molecule has 0 saturated carbocycles. The van der Waals surface area contributed by atoms with E-state index in [1.165, 1.54) is 6.42 Å². The molecule has 8 heteroatoms. The van der Waals surface area contributed by atoms with Crippen LogP contribution < -0.4 is 4.74 Å². The molecule has 3 aromatic rings. The fourth-order valence-corrected chi connectivity index (χ4v) is 4.08. The Bertz CT molecular complexity index is 1010. The number of aromatic nitrogens is 4. The third-order valence-corrected chi connectivity index (χ3v) is 5.96. The smallest absolute Gasteiger partial charge is 0.295 e. The fraction of sp³-hybridized carbons (Fsp3) is 0.455. The van der Waals surface area contributed by atoms with Gasteiger partial charge >= 0.3 is 0 Å². The van der Waals surface area contributed by atoms with Gasteiger partial charge in [0.25, 0.3) is 5.89 Å². The minimum atomic E-state index is -0.428. The Hall–Kier alpha value is -2.51. The minimum Gasteiger partial charge on any atom is -0.473 e. The van der Waals surface area contributed by atoms with Gasteiger partial charge in [0, 0.05) is 12.1 Å². The van der Waals surface area contributed by atoms with Gasteiger partial charge in [-0.2, -0.15) is 9.97 Å². The molecule has 1 aromatic carbocycles. The predicted octanol–water partition coefficient (Wildman–Crippen LogP) is 4.37. The van der Waals surface area contributed by atoms with E-state index in [9.17, 15) is 0 Å². The predicted molar refractivity (Wildman–Crippen MR) is 115 cm³/mol. The first-order valence-electron chi connectivity index (χ1n) is 10.2. The van der Waals surface area contributed by atoms with E-state index in [0.29, 0.717) is 17.7 Å². The van der Waals surface area contributed by atoms with Gasteiger partial charge in [0.2, 0.25) is 11.7 Å². The maximum atomic E-state index is 6.23. The van der Waals surface area contributed by atoms with Crippen molar-refractivity contribution in [3.63, 3.8) is 0 Å². The average Bonchev–Trinajstić information content (AvgIpc) is 3.38. The molecule has 158 valence electrons. The van der Waals surface area contributed by atoms with Crippen LogP contribution in [0.4, 0.5) is 0 Å². The molecule has 1 fully saturated rings. The molecule has 1 saturated heterocycles. The van der Waals surface area contributed by atoms with Crippen molar-refractivity contribution in [2.45, 2.75) is 51.2 Å². The highest BCUT2D eigenvalue weighted by molar-refractivity contribution is 6.29. The number of benzene rings is 1. The summed E-state index contributed by atoms with van der Waals surface area (Å²) in [6.45, 7) is 7.22. The highest BCUT2D eigenvalue weighted by atomic mass is 35.5. The van der Waals surface area contributed by atoms with Gasteiger partial charge in [-0.1, -0.05) is 47.1 Å². The van der Waals surface area contributed by atoms with Crippen LogP contribution >= 0.6 is 11.6 Å². The summed E-state index contributed by atoms with van der Waals surface area (Å²) in [6.07, 6.45) is 2.25. The standard InChI is InChI=1S/C22H26ClN5O2/c1-14(16-11-8-12-28(16)4)29-18-13-17(23)24-19(25-18)20-26-21(27-30-20)22(2,3)15-9-6-5-7-10-15/h5-7,9-10,13-14,16H,8,11-12H2,1-4H3/t14-,16-/m0/s1. The zero-order chi connectivity index (χ0) is 21.3. The molecule has 3 heterocycles. The van der Waals surface area contributed by atoms with Crippen molar-refractivity contribution in [3.8, 4) is 17.6 Å². The van der Waals surface area contributed by atoms with Gasteiger partial charge in [-0.15, -0.1) is 0 Å². The summed E-state index contributed by atoms with van der Waals surface area (Å²) < 4.78 is 11.6. The summed E-state index contributed by atoms with van der Waals surface area (Å²) in [5.41, 5.74) is 0.658. The number of hydrogen-bond donors (Lipinski definition) is 0. The molecule has 1 aliphatic rings. The second-order valence-electron chi connectivity index (χ2n) is 8.28. The molecule has 0 unspecified atom stereocenters. The van der Waals surface area contributed by atoms with E-state index in [4.69, 9.17) is 20.9 Å². The Kier molecular flexibility index (Phi) is 5.75. The molecule has 0 bridgehead atoms. The van der Waals surface area contributed by atoms with E-state index >= 15 is 0 Å². The lowest BCUT2D eigenvalue weighted by Crippen LogP contribution is -2.38. The molecule has 1 aliphatic heterocycles. The zero-order valence-corrected chi connectivity index (χ0v) is 18.4. The van der Waals surface area contributed by atoms with Gasteiger partial charge in [0.05, 0.1) is 5.41 Å². The highest BCUT2D eigenvalue weighted by Crippen LogP contribution is 2.31. The first-order valence-corrected chi connectivity index (χ1v) is 10.5. The van der Waals surface area contributed by atoms with Crippen LogP contribution in [0.3, 0.4) is 0 Å². The summed E-state index contributed by atoms with van der Waals surface area (Å²) in [4.78, 5) is 15.6. The molecule has 7 nitrogen and oxygen atoms in total. The van der Waals surface area contributed by atoms with Crippen molar-refractivity contribution in [3.05, 3.63) is 52.9 Å². The monoisotopic (exact) mass is 427 g/mol. The summed E-state index contributed by atoms with van der Waals surface area (Å²) >= 11 is 6.23. The topological polar surface area (TPSA) is 77.2 Å². The third kappa shape index (κ3) is 4.18. The number of ether oxygens (including phenoxy) is 1. The molecule has 0 N–H and O–H groups in total. The average molecular weight is 428 g/mol. The van der Waals surface area contributed by atoms with Crippen LogP contribution in [0.15, 0.2) is 40.9 Å². The van der Waals surface area contributed by atoms with Crippen LogP contribution in [-0.2, 0) is 5.41 Å². The molecule has 2 atom stereocenters. The molecular formula is C22H26ClN5O2. The lowest BCUT2D eigenvalue weighted by Gasteiger charge is -2.26. The van der Waals surface area contributed by atoms with Gasteiger partial charge in [-0.25, -0.2) is 4.98 Å². The first kappa shape index (κ1) is 20.8. The second kappa shape index (κ2) is 8.32. The van der Waals surface area contributed by atoms with Gasteiger partial charge in [-0.3, -0.25) is 4.90 Å². The summed E-state index contributed by atoms with van der Waals surface area (Å²) in [5, 5.41) is 4.44. The Morgan fingerprint density at radius 2 is 1.97 bits per heavy atom. The normalized spacial score (nSPS) is 18.5. The number of likely N-dealkylation sites (N-methyl/N-ethyl adjacent to an activating group) is 1. The van der Waals surface area contributed by atoms with E-state index in [-0.39, 0.29) is 23.0 Å². The zero-order valence-electron chi connectivity index (χ0n) is 17.7. The SMILES string of the molecule is C[C@H](Oc1cc(Cl)nc(-c2nc(C(C)(C)c3ccccc3)no2)n1)[C@@H]1CCCN1C. The first-order chi connectivity index (χ1) is 14.3. The number of hydrogen-bond acceptors (Lipinski definition) is 7. The third-order valence-electron chi connectivity index (χ3n) is 5.77. The van der Waals surface area contributed by atoms with Crippen molar-refractivity contribution >= 4 is 11.6 Å². The molecule has 2 aromatic heterocycles. The van der Waals surface area contributed by atoms with Crippen LogP contribution in [0.2, 0.25) is 5.15 Å². The quantitative estimate of drug-likeness (QED) is 0.540. The summed E-state index contributed by atoms with van der Waals surface area (Å²) in [6, 6.07) is 12.0. The Balaban J connectivity index is 1.58. The van der Waals surface area contributed by atoms with E-state index in [1.54, 1.807) is 6.07 Å². The molecule has 0 amide bonds. The fourth-order valence-electron chi connectivity index (χ4n) is 3.90. The van der Waals surface area contributed by atoms with Crippen molar-refractivity contribution in [2.24, 2.45) is 0 Å². The van der Waals surface area contributed by atoms with Gasteiger partial charge < -0.3 is 9.26 Å². The largest absolute Gasteiger partial charge is 0.473 e. The number of halogens is 1. The van der Waals surface area contributed by atoms with E-state index in [0.717, 1.165) is 18.5 Å². The van der Waals surface area contributed by atoms with E-state index in [1.807, 2.05) is 44.2 Å². The van der Waals surface area contributed by atoms with Crippen LogP contribution in [0, 0.1) is 0 Å². The Morgan fingerprint density at radius 1 is 1.20 bits per heavy atom. The van der Waals surface area contributed by atoms with Crippen molar-refractivity contribution in [1.29, 1.82) is 0 Å². The van der Waals surface area contributed by atoms with Crippen molar-refractivity contribution in [2.75, 3.05) is 13.6 Å². The molecule has 0 aliphatic carbocycles. The molecular weight excluding hydrogens is 402 g/mol. The second-order valence-corrected chi connectivity index (χ2v) is 8.67. The Morgan fingerprint density at radius 3 is 2.67 bits per heavy atom. The van der Waals surface area contributed by atoms with Gasteiger partial charge in [0.1, 0.15) is 11.3 Å².